The fourth-order valence-corrected chi connectivity index (χ4v) is 2.31. The monoisotopic (exact) mass is 222 g/mol. The van der Waals surface area contributed by atoms with Gasteiger partial charge in [0.15, 0.2) is 0 Å². The molecule has 1 saturated carbocycles. The molecule has 1 heterocycles. The number of pyridine rings is 1. The van der Waals surface area contributed by atoms with E-state index >= 15 is 0 Å². The zero-order valence-electron chi connectivity index (χ0n) is 9.82. The molecule has 1 aliphatic carbocycles. The molecular weight excluding hydrogens is 204 g/mol. The van der Waals surface area contributed by atoms with E-state index in [0.29, 0.717) is 6.54 Å². The van der Waals surface area contributed by atoms with Gasteiger partial charge in [-0.25, -0.2) is 0 Å². The van der Waals surface area contributed by atoms with Crippen molar-refractivity contribution in [3.8, 4) is 11.5 Å². The van der Waals surface area contributed by atoms with E-state index < -0.39 is 0 Å². The number of nitrogens with zero attached hydrogens (tertiary/aromatic N) is 1. The molecule has 1 fully saturated rings. The molecule has 4 nitrogen and oxygen atoms in total. The molecule has 16 heavy (non-hydrogen) atoms. The molecule has 0 amide bonds. The Morgan fingerprint density at radius 2 is 1.81 bits per heavy atom. The van der Waals surface area contributed by atoms with Crippen molar-refractivity contribution in [3.05, 3.63) is 18.0 Å². The average Bonchev–Trinajstić information content (AvgIpc) is 3.09. The van der Waals surface area contributed by atoms with Gasteiger partial charge in [0.1, 0.15) is 11.5 Å². The van der Waals surface area contributed by atoms with E-state index in [4.69, 9.17) is 15.2 Å². The minimum atomic E-state index is 0.161. The van der Waals surface area contributed by atoms with Gasteiger partial charge in [-0.3, -0.25) is 4.98 Å². The Hall–Kier alpha value is -1.29. The van der Waals surface area contributed by atoms with Gasteiger partial charge in [-0.2, -0.15) is 0 Å². The van der Waals surface area contributed by atoms with Gasteiger partial charge in [0.05, 0.1) is 26.6 Å². The number of ether oxygens (including phenoxy) is 2. The number of rotatable bonds is 5. The summed E-state index contributed by atoms with van der Waals surface area (Å²) < 4.78 is 10.8. The molecule has 1 aromatic rings. The maximum absolute atomic E-state index is 5.68. The second-order valence-corrected chi connectivity index (χ2v) is 4.24. The van der Waals surface area contributed by atoms with Crippen LogP contribution in [0.15, 0.2) is 12.4 Å². The third-order valence-corrected chi connectivity index (χ3v) is 3.32. The second kappa shape index (κ2) is 4.29. The van der Waals surface area contributed by atoms with E-state index in [1.54, 1.807) is 26.6 Å². The van der Waals surface area contributed by atoms with Crippen molar-refractivity contribution in [1.29, 1.82) is 0 Å². The molecule has 0 aliphatic heterocycles. The second-order valence-electron chi connectivity index (χ2n) is 4.24. The van der Waals surface area contributed by atoms with Gasteiger partial charge in [0.25, 0.3) is 0 Å². The van der Waals surface area contributed by atoms with Crippen molar-refractivity contribution in [2.45, 2.75) is 24.7 Å². The maximum atomic E-state index is 5.68. The molecule has 4 heteroatoms. The van der Waals surface area contributed by atoms with Gasteiger partial charge in [-0.15, -0.1) is 0 Å². The van der Waals surface area contributed by atoms with Crippen molar-refractivity contribution in [1.82, 2.24) is 4.98 Å². The summed E-state index contributed by atoms with van der Waals surface area (Å²) in [5.41, 5.74) is 6.98. The van der Waals surface area contributed by atoms with Crippen LogP contribution in [0, 0.1) is 0 Å². The summed E-state index contributed by atoms with van der Waals surface area (Å²) in [5, 5.41) is 0. The summed E-state index contributed by atoms with van der Waals surface area (Å²) in [5.74, 6) is 1.62. The number of aromatic nitrogens is 1. The van der Waals surface area contributed by atoms with E-state index in [2.05, 4.69) is 4.98 Å². The standard InChI is InChI=1S/C12H18N2O2/c1-15-9-7-14-8-10(16-2)11(9)12(3-4-12)5-6-13/h7-8H,3-6,13H2,1-2H3. The zero-order chi connectivity index (χ0) is 11.6. The van der Waals surface area contributed by atoms with E-state index in [9.17, 15) is 0 Å². The van der Waals surface area contributed by atoms with Crippen LogP contribution in [0.2, 0.25) is 0 Å². The minimum absolute atomic E-state index is 0.161. The van der Waals surface area contributed by atoms with Crippen LogP contribution in [0.1, 0.15) is 24.8 Å². The van der Waals surface area contributed by atoms with Gasteiger partial charge in [-0.05, 0) is 25.8 Å². The molecule has 0 spiro atoms. The molecule has 0 radical (unpaired) electrons. The molecular formula is C12H18N2O2. The van der Waals surface area contributed by atoms with Gasteiger partial charge >= 0.3 is 0 Å². The summed E-state index contributed by atoms with van der Waals surface area (Å²) >= 11 is 0. The highest BCUT2D eigenvalue weighted by atomic mass is 16.5. The first kappa shape index (κ1) is 11.2. The Balaban J connectivity index is 2.44. The summed E-state index contributed by atoms with van der Waals surface area (Å²) in [6, 6.07) is 0. The van der Waals surface area contributed by atoms with Crippen LogP contribution < -0.4 is 15.2 Å². The van der Waals surface area contributed by atoms with Crippen LogP contribution in [0.25, 0.3) is 0 Å². The highest BCUT2D eigenvalue weighted by Crippen LogP contribution is 2.56. The van der Waals surface area contributed by atoms with Crippen molar-refractivity contribution >= 4 is 0 Å². The van der Waals surface area contributed by atoms with Crippen LogP contribution in [-0.2, 0) is 5.41 Å². The summed E-state index contributed by atoms with van der Waals surface area (Å²) in [6.07, 6.45) is 6.77. The lowest BCUT2D eigenvalue weighted by Crippen LogP contribution is -2.16. The average molecular weight is 222 g/mol. The maximum Gasteiger partial charge on any atom is 0.144 e. The zero-order valence-corrected chi connectivity index (χ0v) is 9.82. The quantitative estimate of drug-likeness (QED) is 0.819. The minimum Gasteiger partial charge on any atom is -0.495 e. The van der Waals surface area contributed by atoms with Crippen LogP contribution >= 0.6 is 0 Å². The number of hydrogen-bond donors (Lipinski definition) is 1. The largest absolute Gasteiger partial charge is 0.495 e. The first-order valence-corrected chi connectivity index (χ1v) is 5.54. The topological polar surface area (TPSA) is 57.4 Å². The third kappa shape index (κ3) is 1.73. The van der Waals surface area contributed by atoms with Gasteiger partial charge in [-0.1, -0.05) is 0 Å². The smallest absolute Gasteiger partial charge is 0.144 e. The number of nitrogens with two attached hydrogens (primary N) is 1. The van der Waals surface area contributed by atoms with Crippen molar-refractivity contribution in [2.24, 2.45) is 5.73 Å². The first-order chi connectivity index (χ1) is 7.77. The van der Waals surface area contributed by atoms with Gasteiger partial charge < -0.3 is 15.2 Å². The van der Waals surface area contributed by atoms with E-state index in [1.807, 2.05) is 0 Å². The summed E-state index contributed by atoms with van der Waals surface area (Å²) in [7, 11) is 3.33. The fraction of sp³-hybridized carbons (Fsp3) is 0.583. The highest BCUT2D eigenvalue weighted by Gasteiger charge is 2.47. The lowest BCUT2D eigenvalue weighted by Gasteiger charge is -2.20. The molecule has 2 N–H and O–H groups in total. The molecule has 2 rings (SSSR count). The fourth-order valence-electron chi connectivity index (χ4n) is 2.31. The summed E-state index contributed by atoms with van der Waals surface area (Å²) in [6.45, 7) is 0.689. The van der Waals surface area contributed by atoms with E-state index in [0.717, 1.165) is 36.3 Å². The molecule has 88 valence electrons. The van der Waals surface area contributed by atoms with E-state index in [1.165, 1.54) is 0 Å². The Morgan fingerprint density at radius 3 is 2.19 bits per heavy atom. The van der Waals surface area contributed by atoms with Gasteiger partial charge in [0, 0.05) is 11.0 Å². The molecule has 0 unspecified atom stereocenters. The normalized spacial score (nSPS) is 16.9. The van der Waals surface area contributed by atoms with Crippen LogP contribution in [0.4, 0.5) is 0 Å². The first-order valence-electron chi connectivity index (χ1n) is 5.54. The lowest BCUT2D eigenvalue weighted by atomic mass is 9.91. The van der Waals surface area contributed by atoms with Crippen LogP contribution in [0.5, 0.6) is 11.5 Å². The molecule has 0 bridgehead atoms. The van der Waals surface area contributed by atoms with E-state index in [-0.39, 0.29) is 5.41 Å². The predicted molar refractivity (Wildman–Crippen MR) is 61.9 cm³/mol. The molecule has 0 aromatic carbocycles. The SMILES string of the molecule is COc1cncc(OC)c1C1(CCN)CC1. The van der Waals surface area contributed by atoms with Crippen molar-refractivity contribution < 1.29 is 9.47 Å². The molecule has 1 aliphatic rings. The Morgan fingerprint density at radius 1 is 1.25 bits per heavy atom. The summed E-state index contributed by atoms with van der Waals surface area (Å²) in [4.78, 5) is 4.11. The van der Waals surface area contributed by atoms with Crippen molar-refractivity contribution in [3.63, 3.8) is 0 Å². The molecule has 0 atom stereocenters. The third-order valence-electron chi connectivity index (χ3n) is 3.32. The van der Waals surface area contributed by atoms with Crippen molar-refractivity contribution in [2.75, 3.05) is 20.8 Å². The highest BCUT2D eigenvalue weighted by molar-refractivity contribution is 5.50. The predicted octanol–water partition coefficient (Wildman–Crippen LogP) is 1.48. The Kier molecular flexibility index (Phi) is 3.01. The van der Waals surface area contributed by atoms with Crippen LogP contribution in [0.3, 0.4) is 0 Å². The Labute approximate surface area is 95.8 Å². The van der Waals surface area contributed by atoms with Crippen LogP contribution in [-0.4, -0.2) is 25.7 Å². The molecule has 0 saturated heterocycles. The Bertz CT molecular complexity index is 353. The number of hydrogen-bond acceptors (Lipinski definition) is 4. The molecule has 1 aromatic heterocycles. The van der Waals surface area contributed by atoms with Gasteiger partial charge in [0.2, 0.25) is 0 Å². The lowest BCUT2D eigenvalue weighted by molar-refractivity contribution is 0.370. The number of methoxy groups -OCH3 is 2.